The molecule has 21 heavy (non-hydrogen) atoms. The Labute approximate surface area is 127 Å². The molecule has 3 aliphatic rings. The highest BCUT2D eigenvalue weighted by Crippen LogP contribution is 2.36. The van der Waals surface area contributed by atoms with Gasteiger partial charge in [-0.1, -0.05) is 25.7 Å². The molecular formula is C16H28N2O3. The maximum atomic E-state index is 13.0. The van der Waals surface area contributed by atoms with Crippen LogP contribution in [0.1, 0.15) is 51.4 Å². The van der Waals surface area contributed by atoms with Crippen molar-refractivity contribution in [1.29, 1.82) is 0 Å². The van der Waals surface area contributed by atoms with E-state index in [1.54, 1.807) is 0 Å². The van der Waals surface area contributed by atoms with Crippen molar-refractivity contribution in [2.24, 2.45) is 0 Å². The predicted octanol–water partition coefficient (Wildman–Crippen LogP) is 1.05. The first kappa shape index (κ1) is 15.3. The van der Waals surface area contributed by atoms with Crippen LogP contribution in [0.25, 0.3) is 0 Å². The number of hydrogen-bond acceptors (Lipinski definition) is 4. The highest BCUT2D eigenvalue weighted by Gasteiger charge is 2.46. The van der Waals surface area contributed by atoms with E-state index < -0.39 is 6.10 Å². The topological polar surface area (TPSA) is 61.8 Å². The number of nitrogens with one attached hydrogen (secondary N) is 1. The zero-order valence-corrected chi connectivity index (χ0v) is 12.9. The Bertz CT molecular complexity index is 363. The normalized spacial score (nSPS) is 33.8. The maximum absolute atomic E-state index is 13.0. The fraction of sp³-hybridized carbons (Fsp3) is 0.938. The summed E-state index contributed by atoms with van der Waals surface area (Å²) in [5.74, 6) is 0.124. The molecular weight excluding hydrogens is 268 g/mol. The Hall–Kier alpha value is -0.650. The molecule has 1 saturated carbocycles. The van der Waals surface area contributed by atoms with Gasteiger partial charge >= 0.3 is 0 Å². The molecule has 0 unspecified atom stereocenters. The second kappa shape index (κ2) is 6.63. The summed E-state index contributed by atoms with van der Waals surface area (Å²) in [6.07, 6.45) is 8.54. The minimum atomic E-state index is -0.559. The lowest BCUT2D eigenvalue weighted by molar-refractivity contribution is -0.138. The summed E-state index contributed by atoms with van der Waals surface area (Å²) < 4.78 is 5.26. The molecule has 5 nitrogen and oxygen atoms in total. The van der Waals surface area contributed by atoms with Crippen LogP contribution in [0.3, 0.4) is 0 Å². The molecule has 2 saturated heterocycles. The Morgan fingerprint density at radius 3 is 2.33 bits per heavy atom. The van der Waals surface area contributed by atoms with Crippen molar-refractivity contribution in [3.63, 3.8) is 0 Å². The number of carbonyl (C=O) groups is 1. The van der Waals surface area contributed by atoms with Gasteiger partial charge in [-0.2, -0.15) is 0 Å². The van der Waals surface area contributed by atoms with Crippen LogP contribution in [0.2, 0.25) is 0 Å². The molecule has 1 aliphatic carbocycles. The number of hydrogen-bond donors (Lipinski definition) is 2. The van der Waals surface area contributed by atoms with E-state index in [1.165, 1.54) is 25.7 Å². The van der Waals surface area contributed by atoms with Gasteiger partial charge in [-0.3, -0.25) is 9.69 Å². The standard InChI is InChI=1S/C16H28N2O3/c19-14-12-21-11-13(14)17-15(20)16(7-3-1-4-8-16)18-9-5-2-6-10-18/h13-14,19H,1-12H2,(H,17,20)/t13-,14-/m0/s1. The number of carbonyl (C=O) groups excluding carboxylic acids is 1. The van der Waals surface area contributed by atoms with Gasteiger partial charge in [-0.25, -0.2) is 0 Å². The monoisotopic (exact) mass is 296 g/mol. The first-order valence-corrected chi connectivity index (χ1v) is 8.54. The van der Waals surface area contributed by atoms with Crippen LogP contribution in [0.15, 0.2) is 0 Å². The van der Waals surface area contributed by atoms with Crippen molar-refractivity contribution in [1.82, 2.24) is 10.2 Å². The van der Waals surface area contributed by atoms with E-state index in [-0.39, 0.29) is 17.5 Å². The summed E-state index contributed by atoms with van der Waals surface area (Å²) in [5.41, 5.74) is -0.332. The number of aliphatic hydroxyl groups excluding tert-OH is 1. The van der Waals surface area contributed by atoms with E-state index in [1.807, 2.05) is 0 Å². The molecule has 2 aliphatic heterocycles. The number of likely N-dealkylation sites (tertiary alicyclic amines) is 1. The van der Waals surface area contributed by atoms with E-state index in [4.69, 9.17) is 4.74 Å². The van der Waals surface area contributed by atoms with Crippen molar-refractivity contribution < 1.29 is 14.6 Å². The lowest BCUT2D eigenvalue weighted by Gasteiger charge is -2.47. The summed E-state index contributed by atoms with van der Waals surface area (Å²) in [6.45, 7) is 2.85. The smallest absolute Gasteiger partial charge is 0.240 e. The maximum Gasteiger partial charge on any atom is 0.240 e. The van der Waals surface area contributed by atoms with Gasteiger partial charge in [0.05, 0.1) is 25.4 Å². The van der Waals surface area contributed by atoms with Gasteiger partial charge in [0.25, 0.3) is 0 Å². The van der Waals surface area contributed by atoms with Crippen LogP contribution in [0.4, 0.5) is 0 Å². The third-order valence-electron chi connectivity index (χ3n) is 5.43. The van der Waals surface area contributed by atoms with Crippen molar-refractivity contribution in [3.8, 4) is 0 Å². The van der Waals surface area contributed by atoms with E-state index in [2.05, 4.69) is 10.2 Å². The summed E-state index contributed by atoms with van der Waals surface area (Å²) in [6, 6.07) is -0.235. The van der Waals surface area contributed by atoms with Crippen LogP contribution >= 0.6 is 0 Å². The molecule has 3 rings (SSSR count). The summed E-state index contributed by atoms with van der Waals surface area (Å²) >= 11 is 0. The largest absolute Gasteiger partial charge is 0.388 e. The molecule has 2 heterocycles. The molecule has 0 bridgehead atoms. The van der Waals surface area contributed by atoms with Crippen LogP contribution in [0.5, 0.6) is 0 Å². The van der Waals surface area contributed by atoms with Crippen LogP contribution in [0, 0.1) is 0 Å². The highest BCUT2D eigenvalue weighted by atomic mass is 16.5. The highest BCUT2D eigenvalue weighted by molar-refractivity contribution is 5.86. The molecule has 2 N–H and O–H groups in total. The second-order valence-electron chi connectivity index (χ2n) is 6.82. The predicted molar refractivity (Wildman–Crippen MR) is 80.0 cm³/mol. The first-order valence-electron chi connectivity index (χ1n) is 8.54. The first-order chi connectivity index (χ1) is 10.2. The lowest BCUT2D eigenvalue weighted by atomic mass is 9.78. The van der Waals surface area contributed by atoms with Gasteiger partial charge in [0.15, 0.2) is 0 Å². The third-order valence-corrected chi connectivity index (χ3v) is 5.43. The number of ether oxygens (including phenoxy) is 1. The molecule has 1 amide bonds. The van der Waals surface area contributed by atoms with Crippen molar-refractivity contribution >= 4 is 5.91 Å². The van der Waals surface area contributed by atoms with Gasteiger partial charge in [0.2, 0.25) is 5.91 Å². The molecule has 0 spiro atoms. The second-order valence-corrected chi connectivity index (χ2v) is 6.82. The SMILES string of the molecule is O=C(N[C@H]1COC[C@@H]1O)C1(N2CCCCC2)CCCCC1. The molecule has 2 atom stereocenters. The van der Waals surface area contributed by atoms with Gasteiger partial charge in [0.1, 0.15) is 5.54 Å². The molecule has 0 aromatic carbocycles. The van der Waals surface area contributed by atoms with Crippen LogP contribution in [-0.4, -0.2) is 59.9 Å². The number of piperidine rings is 1. The minimum Gasteiger partial charge on any atom is -0.388 e. The zero-order chi connectivity index (χ0) is 14.7. The number of aliphatic hydroxyl groups is 1. The Balaban J connectivity index is 1.72. The van der Waals surface area contributed by atoms with E-state index >= 15 is 0 Å². The molecule has 0 aromatic rings. The third kappa shape index (κ3) is 3.10. The summed E-state index contributed by atoms with van der Waals surface area (Å²) in [4.78, 5) is 15.4. The van der Waals surface area contributed by atoms with Gasteiger partial charge in [-0.05, 0) is 38.8 Å². The Kier molecular flexibility index (Phi) is 4.82. The van der Waals surface area contributed by atoms with Crippen molar-refractivity contribution in [2.75, 3.05) is 26.3 Å². The van der Waals surface area contributed by atoms with Gasteiger partial charge < -0.3 is 15.2 Å². The Morgan fingerprint density at radius 1 is 1.05 bits per heavy atom. The van der Waals surface area contributed by atoms with Crippen molar-refractivity contribution in [3.05, 3.63) is 0 Å². The average Bonchev–Trinajstić information content (AvgIpc) is 2.94. The zero-order valence-electron chi connectivity index (χ0n) is 12.9. The van der Waals surface area contributed by atoms with Crippen molar-refractivity contribution in [2.45, 2.75) is 69.1 Å². The summed E-state index contributed by atoms with van der Waals surface area (Å²) in [5, 5.41) is 13.0. The lowest BCUT2D eigenvalue weighted by Crippen LogP contribution is -2.63. The minimum absolute atomic E-state index is 0.124. The fourth-order valence-electron chi connectivity index (χ4n) is 4.13. The molecule has 3 fully saturated rings. The van der Waals surface area contributed by atoms with Gasteiger partial charge in [0, 0.05) is 0 Å². The Morgan fingerprint density at radius 2 is 1.71 bits per heavy atom. The number of rotatable bonds is 3. The quantitative estimate of drug-likeness (QED) is 0.817. The number of nitrogens with zero attached hydrogens (tertiary/aromatic N) is 1. The van der Waals surface area contributed by atoms with E-state index in [0.717, 1.165) is 38.8 Å². The summed E-state index contributed by atoms with van der Waals surface area (Å²) in [7, 11) is 0. The molecule has 0 aromatic heterocycles. The van der Waals surface area contributed by atoms with E-state index in [9.17, 15) is 9.90 Å². The average molecular weight is 296 g/mol. The molecule has 120 valence electrons. The molecule has 5 heteroatoms. The van der Waals surface area contributed by atoms with Crippen LogP contribution in [-0.2, 0) is 9.53 Å². The number of amides is 1. The van der Waals surface area contributed by atoms with E-state index in [0.29, 0.717) is 13.2 Å². The van der Waals surface area contributed by atoms with Gasteiger partial charge in [-0.15, -0.1) is 0 Å². The molecule has 0 radical (unpaired) electrons. The fourth-order valence-corrected chi connectivity index (χ4v) is 4.13. The van der Waals surface area contributed by atoms with Crippen LogP contribution < -0.4 is 5.32 Å².